The van der Waals surface area contributed by atoms with Crippen molar-refractivity contribution in [3.63, 3.8) is 0 Å². The van der Waals surface area contributed by atoms with Gasteiger partial charge in [0.05, 0.1) is 12.2 Å². The van der Waals surface area contributed by atoms with Crippen molar-refractivity contribution in [1.82, 2.24) is 4.98 Å². The van der Waals surface area contributed by atoms with Crippen molar-refractivity contribution >= 4 is 23.5 Å². The molecule has 0 aliphatic rings. The average molecular weight is 536 g/mol. The van der Waals surface area contributed by atoms with E-state index in [9.17, 15) is 22.8 Å². The second kappa shape index (κ2) is 11.7. The zero-order valence-corrected chi connectivity index (χ0v) is 20.8. The predicted molar refractivity (Wildman–Crippen MR) is 141 cm³/mol. The van der Waals surface area contributed by atoms with Crippen LogP contribution in [-0.4, -0.2) is 28.7 Å². The quantitative estimate of drug-likeness (QED) is 0.225. The molecule has 7 nitrogen and oxygen atoms in total. The van der Waals surface area contributed by atoms with Crippen LogP contribution in [0.5, 0.6) is 5.75 Å². The first-order chi connectivity index (χ1) is 18.6. The number of hydrogen-bond donors (Lipinski definition) is 3. The number of aromatic nitrogens is 1. The van der Waals surface area contributed by atoms with Crippen LogP contribution in [0.15, 0.2) is 84.9 Å². The van der Waals surface area contributed by atoms with E-state index in [0.29, 0.717) is 46.8 Å². The fourth-order valence-corrected chi connectivity index (χ4v) is 3.84. The van der Waals surface area contributed by atoms with Gasteiger partial charge in [0.2, 0.25) is 0 Å². The summed E-state index contributed by atoms with van der Waals surface area (Å²) in [7, 11) is 0. The van der Waals surface area contributed by atoms with E-state index in [2.05, 4.69) is 15.6 Å². The van der Waals surface area contributed by atoms with E-state index in [0.717, 1.165) is 17.7 Å². The van der Waals surface area contributed by atoms with Crippen molar-refractivity contribution in [2.75, 3.05) is 17.2 Å². The van der Waals surface area contributed by atoms with E-state index in [1.165, 1.54) is 12.1 Å². The van der Waals surface area contributed by atoms with Crippen molar-refractivity contribution in [2.45, 2.75) is 19.5 Å². The SMILES string of the molecule is Cc1ccc(C(=O)Nc2ccc(OCCc3cccc(NC(=O)O)n3)cc2)c(-c2ccc(C(F)(F)F)cc2)c1. The van der Waals surface area contributed by atoms with E-state index in [4.69, 9.17) is 9.84 Å². The number of amides is 2. The zero-order valence-electron chi connectivity index (χ0n) is 20.8. The van der Waals surface area contributed by atoms with Crippen molar-refractivity contribution in [1.29, 1.82) is 0 Å². The van der Waals surface area contributed by atoms with Crippen molar-refractivity contribution < 1.29 is 32.6 Å². The summed E-state index contributed by atoms with van der Waals surface area (Å²) in [5.74, 6) is 0.392. The summed E-state index contributed by atoms with van der Waals surface area (Å²) in [6, 6.07) is 21.6. The van der Waals surface area contributed by atoms with Crippen molar-refractivity contribution in [3.05, 3.63) is 107 Å². The molecule has 0 spiro atoms. The molecular formula is C29H24F3N3O4. The van der Waals surface area contributed by atoms with Gasteiger partial charge in [-0.05, 0) is 72.6 Å². The monoisotopic (exact) mass is 535 g/mol. The second-order valence-electron chi connectivity index (χ2n) is 8.65. The highest BCUT2D eigenvalue weighted by Gasteiger charge is 2.30. The lowest BCUT2D eigenvalue weighted by Gasteiger charge is -2.13. The van der Waals surface area contributed by atoms with Gasteiger partial charge in [0.25, 0.3) is 5.91 Å². The first-order valence-electron chi connectivity index (χ1n) is 11.9. The maximum absolute atomic E-state index is 13.1. The second-order valence-corrected chi connectivity index (χ2v) is 8.65. The molecule has 10 heteroatoms. The predicted octanol–water partition coefficient (Wildman–Crippen LogP) is 7.04. The van der Waals surface area contributed by atoms with Gasteiger partial charge in [0, 0.05) is 23.4 Å². The number of benzene rings is 3. The number of anilines is 2. The number of carbonyl (C=O) groups is 2. The molecule has 39 heavy (non-hydrogen) atoms. The molecule has 0 bridgehead atoms. The molecule has 200 valence electrons. The first kappa shape index (κ1) is 27.2. The first-order valence-corrected chi connectivity index (χ1v) is 11.9. The van der Waals surface area contributed by atoms with Gasteiger partial charge < -0.3 is 15.2 Å². The number of alkyl halides is 3. The van der Waals surface area contributed by atoms with Crippen LogP contribution < -0.4 is 15.4 Å². The molecule has 0 unspecified atom stereocenters. The Morgan fingerprint density at radius 2 is 1.64 bits per heavy atom. The van der Waals surface area contributed by atoms with Gasteiger partial charge in [0.1, 0.15) is 11.6 Å². The summed E-state index contributed by atoms with van der Waals surface area (Å²) in [4.78, 5) is 28.0. The molecule has 0 saturated heterocycles. The molecule has 4 rings (SSSR count). The van der Waals surface area contributed by atoms with E-state index < -0.39 is 23.7 Å². The largest absolute Gasteiger partial charge is 0.493 e. The highest BCUT2D eigenvalue weighted by molar-refractivity contribution is 6.08. The van der Waals surface area contributed by atoms with E-state index >= 15 is 0 Å². The third kappa shape index (κ3) is 7.35. The topological polar surface area (TPSA) is 101 Å². The number of hydrogen-bond acceptors (Lipinski definition) is 4. The fraction of sp³-hybridized carbons (Fsp3) is 0.138. The Kier molecular flexibility index (Phi) is 8.14. The third-order valence-electron chi connectivity index (χ3n) is 5.72. The smallest absolute Gasteiger partial charge is 0.416 e. The minimum atomic E-state index is -4.44. The highest BCUT2D eigenvalue weighted by Crippen LogP contribution is 2.32. The van der Waals surface area contributed by atoms with Gasteiger partial charge in [-0.15, -0.1) is 0 Å². The van der Waals surface area contributed by atoms with Gasteiger partial charge in [0.15, 0.2) is 0 Å². The highest BCUT2D eigenvalue weighted by atomic mass is 19.4. The van der Waals surface area contributed by atoms with E-state index in [1.807, 2.05) is 6.92 Å². The maximum atomic E-state index is 13.1. The summed E-state index contributed by atoms with van der Waals surface area (Å²) in [6.45, 7) is 2.14. The molecule has 3 N–H and O–H groups in total. The lowest BCUT2D eigenvalue weighted by Crippen LogP contribution is -2.13. The van der Waals surface area contributed by atoms with Crippen LogP contribution in [0.3, 0.4) is 0 Å². The zero-order chi connectivity index (χ0) is 28.0. The molecule has 0 aliphatic carbocycles. The van der Waals surface area contributed by atoms with Crippen molar-refractivity contribution in [2.24, 2.45) is 0 Å². The van der Waals surface area contributed by atoms with E-state index in [-0.39, 0.29) is 5.82 Å². The Bertz CT molecular complexity index is 1470. The molecule has 0 fully saturated rings. The number of pyridine rings is 1. The standard InChI is InChI=1S/C29H24F3N3O4/c1-18-5-14-24(25(17-18)19-6-8-20(9-7-19)29(30,31)32)27(36)34-22-10-12-23(13-11-22)39-16-15-21-3-2-4-26(33-21)35-28(37)38/h2-14,17H,15-16H2,1H3,(H,33,35)(H,34,36)(H,37,38). The lowest BCUT2D eigenvalue weighted by atomic mass is 9.96. The van der Waals surface area contributed by atoms with Gasteiger partial charge in [-0.3, -0.25) is 10.1 Å². The minimum absolute atomic E-state index is 0.232. The molecule has 2 amide bonds. The molecule has 0 saturated carbocycles. The van der Waals surface area contributed by atoms with Crippen LogP contribution in [0, 0.1) is 6.92 Å². The van der Waals surface area contributed by atoms with Crippen LogP contribution in [0.4, 0.5) is 29.5 Å². The Labute approximate surface area is 222 Å². The Morgan fingerprint density at radius 1 is 0.923 bits per heavy atom. The van der Waals surface area contributed by atoms with Gasteiger partial charge in [-0.1, -0.05) is 35.9 Å². The van der Waals surface area contributed by atoms with Gasteiger partial charge in [-0.25, -0.2) is 9.78 Å². The maximum Gasteiger partial charge on any atom is 0.416 e. The van der Waals surface area contributed by atoms with Crippen LogP contribution in [0.1, 0.15) is 27.2 Å². The number of carbonyl (C=O) groups excluding carboxylic acids is 1. The number of aryl methyl sites for hydroxylation is 1. The minimum Gasteiger partial charge on any atom is -0.493 e. The molecule has 0 aliphatic heterocycles. The molecule has 1 aromatic heterocycles. The summed E-state index contributed by atoms with van der Waals surface area (Å²) in [5.41, 5.74) is 2.63. The summed E-state index contributed by atoms with van der Waals surface area (Å²) in [5, 5.41) is 13.8. The molecule has 0 atom stereocenters. The number of rotatable bonds is 8. The number of nitrogens with one attached hydrogen (secondary N) is 2. The van der Waals surface area contributed by atoms with E-state index in [1.54, 1.807) is 60.7 Å². The number of halogens is 3. The molecule has 1 heterocycles. The number of ether oxygens (including phenoxy) is 1. The summed E-state index contributed by atoms with van der Waals surface area (Å²) < 4.78 is 44.6. The van der Waals surface area contributed by atoms with Crippen molar-refractivity contribution in [3.8, 4) is 16.9 Å². The third-order valence-corrected chi connectivity index (χ3v) is 5.72. The van der Waals surface area contributed by atoms with Crippen LogP contribution in [0.2, 0.25) is 0 Å². The molecule has 0 radical (unpaired) electrons. The van der Waals surface area contributed by atoms with Gasteiger partial charge >= 0.3 is 12.3 Å². The Morgan fingerprint density at radius 3 is 2.31 bits per heavy atom. The Balaban J connectivity index is 1.39. The molecular weight excluding hydrogens is 511 g/mol. The average Bonchev–Trinajstić information content (AvgIpc) is 2.89. The number of nitrogens with zero attached hydrogens (tertiary/aromatic N) is 1. The summed E-state index contributed by atoms with van der Waals surface area (Å²) in [6.07, 6.45) is -5.18. The van der Waals surface area contributed by atoms with Crippen LogP contribution >= 0.6 is 0 Å². The molecule has 4 aromatic rings. The number of carboxylic acid groups (broad SMARTS) is 1. The van der Waals surface area contributed by atoms with Crippen LogP contribution in [-0.2, 0) is 12.6 Å². The van der Waals surface area contributed by atoms with Gasteiger partial charge in [-0.2, -0.15) is 13.2 Å². The molecule has 3 aromatic carbocycles. The summed E-state index contributed by atoms with van der Waals surface area (Å²) >= 11 is 0. The lowest BCUT2D eigenvalue weighted by molar-refractivity contribution is -0.137. The van der Waals surface area contributed by atoms with Crippen LogP contribution in [0.25, 0.3) is 11.1 Å². The fourth-order valence-electron chi connectivity index (χ4n) is 3.84. The Hall–Kier alpha value is -4.86. The normalized spacial score (nSPS) is 11.1.